The van der Waals surface area contributed by atoms with E-state index in [0.29, 0.717) is 5.92 Å². The Balaban J connectivity index is 2.04. The van der Waals surface area contributed by atoms with Gasteiger partial charge in [-0.3, -0.25) is 4.40 Å². The first-order chi connectivity index (χ1) is 8.25. The van der Waals surface area contributed by atoms with Gasteiger partial charge in [0.25, 0.3) is 0 Å². The molecule has 0 radical (unpaired) electrons. The van der Waals surface area contributed by atoms with Crippen molar-refractivity contribution >= 4 is 5.65 Å². The highest BCUT2D eigenvalue weighted by Crippen LogP contribution is 2.35. The van der Waals surface area contributed by atoms with Gasteiger partial charge in [-0.1, -0.05) is 12.5 Å². The van der Waals surface area contributed by atoms with Crippen LogP contribution in [0.5, 0.6) is 0 Å². The van der Waals surface area contributed by atoms with E-state index >= 15 is 0 Å². The molecule has 17 heavy (non-hydrogen) atoms. The van der Waals surface area contributed by atoms with E-state index in [1.165, 1.54) is 24.8 Å². The zero-order valence-electron chi connectivity index (χ0n) is 10.1. The van der Waals surface area contributed by atoms with Gasteiger partial charge in [0.1, 0.15) is 5.82 Å². The second-order valence-electron chi connectivity index (χ2n) is 5.09. The van der Waals surface area contributed by atoms with Gasteiger partial charge >= 0.3 is 0 Å². The van der Waals surface area contributed by atoms with Gasteiger partial charge in [-0.15, -0.1) is 10.2 Å². The lowest BCUT2D eigenvalue weighted by atomic mass is 9.85. The molecular formula is C13H18N4. The average Bonchev–Trinajstić information content (AvgIpc) is 2.60. The molecule has 2 N–H and O–H groups in total. The van der Waals surface area contributed by atoms with Crippen molar-refractivity contribution in [2.75, 3.05) is 0 Å². The zero-order chi connectivity index (χ0) is 11.8. The van der Waals surface area contributed by atoms with Crippen molar-refractivity contribution in [2.45, 2.75) is 44.6 Å². The molecule has 3 rings (SSSR count). The van der Waals surface area contributed by atoms with Gasteiger partial charge in [-0.05, 0) is 37.8 Å². The van der Waals surface area contributed by atoms with E-state index in [4.69, 9.17) is 5.73 Å². The molecule has 0 saturated heterocycles. The maximum atomic E-state index is 5.86. The summed E-state index contributed by atoms with van der Waals surface area (Å²) in [6.07, 6.45) is 6.73. The van der Waals surface area contributed by atoms with Crippen molar-refractivity contribution < 1.29 is 0 Å². The number of rotatable bonds is 3. The summed E-state index contributed by atoms with van der Waals surface area (Å²) in [6, 6.07) is 4.32. The molecule has 1 atom stereocenters. The van der Waals surface area contributed by atoms with E-state index in [2.05, 4.69) is 32.9 Å². The van der Waals surface area contributed by atoms with Gasteiger partial charge < -0.3 is 5.73 Å². The molecule has 1 aliphatic rings. The number of aromatic nitrogens is 3. The number of nitrogens with two attached hydrogens (primary N) is 1. The monoisotopic (exact) mass is 230 g/mol. The molecule has 1 saturated carbocycles. The Labute approximate surface area is 101 Å². The molecule has 4 heteroatoms. The van der Waals surface area contributed by atoms with Gasteiger partial charge in [0, 0.05) is 18.2 Å². The summed E-state index contributed by atoms with van der Waals surface area (Å²) in [7, 11) is 0. The summed E-state index contributed by atoms with van der Waals surface area (Å²) < 4.78 is 2.14. The average molecular weight is 230 g/mol. The van der Waals surface area contributed by atoms with Gasteiger partial charge in [-0.2, -0.15) is 0 Å². The minimum atomic E-state index is 0.157. The van der Waals surface area contributed by atoms with Crippen molar-refractivity contribution in [3.63, 3.8) is 0 Å². The van der Waals surface area contributed by atoms with E-state index in [9.17, 15) is 0 Å². The fourth-order valence-electron chi connectivity index (χ4n) is 2.44. The van der Waals surface area contributed by atoms with Crippen molar-refractivity contribution in [1.29, 1.82) is 0 Å². The Morgan fingerprint density at radius 1 is 1.47 bits per heavy atom. The lowest BCUT2D eigenvalue weighted by Crippen LogP contribution is -2.18. The minimum absolute atomic E-state index is 0.157. The minimum Gasteiger partial charge on any atom is -0.328 e. The van der Waals surface area contributed by atoms with E-state index in [1.807, 2.05) is 6.92 Å². The molecule has 2 aromatic rings. The molecule has 0 bridgehead atoms. The predicted octanol–water partition coefficient (Wildman–Crippen LogP) is 1.89. The molecule has 0 aromatic carbocycles. The Morgan fingerprint density at radius 2 is 2.29 bits per heavy atom. The fraction of sp³-hybridized carbons (Fsp3) is 0.538. The molecule has 90 valence electrons. The Bertz CT molecular complexity index is 525. The third-order valence-electron chi connectivity index (χ3n) is 3.55. The van der Waals surface area contributed by atoms with Crippen molar-refractivity contribution in [1.82, 2.24) is 14.6 Å². The summed E-state index contributed by atoms with van der Waals surface area (Å²) in [5.74, 6) is 1.73. The van der Waals surface area contributed by atoms with Crippen LogP contribution in [0.1, 0.15) is 43.5 Å². The van der Waals surface area contributed by atoms with Crippen LogP contribution in [0.15, 0.2) is 18.3 Å². The van der Waals surface area contributed by atoms with Gasteiger partial charge in [0.2, 0.25) is 0 Å². The van der Waals surface area contributed by atoms with Crippen molar-refractivity contribution in [3.05, 3.63) is 29.7 Å². The first-order valence-corrected chi connectivity index (χ1v) is 6.34. The fourth-order valence-corrected chi connectivity index (χ4v) is 2.44. The third kappa shape index (κ3) is 1.82. The lowest BCUT2D eigenvalue weighted by molar-refractivity contribution is 0.399. The maximum Gasteiger partial charge on any atom is 0.164 e. The molecule has 1 fully saturated rings. The summed E-state index contributed by atoms with van der Waals surface area (Å²) in [5, 5.41) is 8.69. The molecule has 4 nitrogen and oxygen atoms in total. The van der Waals surface area contributed by atoms with Gasteiger partial charge in [0.15, 0.2) is 5.65 Å². The first-order valence-electron chi connectivity index (χ1n) is 6.34. The molecule has 2 aromatic heterocycles. The van der Waals surface area contributed by atoms with Crippen LogP contribution in [0.4, 0.5) is 0 Å². The summed E-state index contributed by atoms with van der Waals surface area (Å²) in [6.45, 7) is 2.02. The summed E-state index contributed by atoms with van der Waals surface area (Å²) in [5.41, 5.74) is 8.04. The molecule has 1 unspecified atom stereocenters. The number of nitrogens with zero attached hydrogens (tertiary/aromatic N) is 3. The van der Waals surface area contributed by atoms with Crippen molar-refractivity contribution in [2.24, 2.45) is 5.73 Å². The molecule has 1 aliphatic carbocycles. The molecule has 0 amide bonds. The SMILES string of the molecule is CC(N)Cc1cccn2c(C3CCC3)nnc12. The van der Waals surface area contributed by atoms with E-state index in [-0.39, 0.29) is 6.04 Å². The normalized spacial score (nSPS) is 18.2. The van der Waals surface area contributed by atoms with Crippen molar-refractivity contribution in [3.8, 4) is 0 Å². The predicted molar refractivity (Wildman–Crippen MR) is 66.9 cm³/mol. The molecule has 0 spiro atoms. The Hall–Kier alpha value is -1.42. The topological polar surface area (TPSA) is 56.2 Å². The highest BCUT2D eigenvalue weighted by Gasteiger charge is 2.24. The van der Waals surface area contributed by atoms with Crippen LogP contribution < -0.4 is 5.73 Å². The lowest BCUT2D eigenvalue weighted by Gasteiger charge is -2.23. The number of fused-ring (bicyclic) bond motifs is 1. The maximum absolute atomic E-state index is 5.86. The van der Waals surface area contributed by atoms with Gasteiger partial charge in [-0.25, -0.2) is 0 Å². The number of hydrogen-bond acceptors (Lipinski definition) is 3. The highest BCUT2D eigenvalue weighted by molar-refractivity contribution is 5.48. The quantitative estimate of drug-likeness (QED) is 0.876. The van der Waals surface area contributed by atoms with Crippen LogP contribution in [-0.4, -0.2) is 20.6 Å². The van der Waals surface area contributed by atoms with Crippen LogP contribution in [0, 0.1) is 0 Å². The third-order valence-corrected chi connectivity index (χ3v) is 3.55. The van der Waals surface area contributed by atoms with Crippen LogP contribution in [0.2, 0.25) is 0 Å². The Kier molecular flexibility index (Phi) is 2.59. The van der Waals surface area contributed by atoms with Crippen LogP contribution >= 0.6 is 0 Å². The molecule has 2 heterocycles. The molecular weight excluding hydrogens is 212 g/mol. The van der Waals surface area contributed by atoms with E-state index in [1.54, 1.807) is 0 Å². The standard InChI is InChI=1S/C13H18N4/c1-9(14)8-11-6-3-7-17-12(10-4-2-5-10)15-16-13(11)17/h3,6-7,9-10H,2,4-5,8,14H2,1H3. The summed E-state index contributed by atoms with van der Waals surface area (Å²) in [4.78, 5) is 0. The summed E-state index contributed by atoms with van der Waals surface area (Å²) >= 11 is 0. The van der Waals surface area contributed by atoms with E-state index < -0.39 is 0 Å². The number of pyridine rings is 1. The first kappa shape index (κ1) is 10.7. The second kappa shape index (κ2) is 4.11. The molecule has 0 aliphatic heterocycles. The van der Waals surface area contributed by atoms with Crippen LogP contribution in [0.25, 0.3) is 5.65 Å². The largest absolute Gasteiger partial charge is 0.328 e. The number of hydrogen-bond donors (Lipinski definition) is 1. The van der Waals surface area contributed by atoms with Gasteiger partial charge in [0.05, 0.1) is 0 Å². The smallest absolute Gasteiger partial charge is 0.164 e. The Morgan fingerprint density at radius 3 is 2.94 bits per heavy atom. The van der Waals surface area contributed by atoms with Crippen LogP contribution in [0.3, 0.4) is 0 Å². The zero-order valence-corrected chi connectivity index (χ0v) is 10.1. The van der Waals surface area contributed by atoms with Crippen LogP contribution in [-0.2, 0) is 6.42 Å². The van der Waals surface area contributed by atoms with E-state index in [0.717, 1.165) is 17.9 Å². The second-order valence-corrected chi connectivity index (χ2v) is 5.09. The highest BCUT2D eigenvalue weighted by atomic mass is 15.2.